The number of hydrogen-bond acceptors (Lipinski definition) is 7. The number of hydrogen-bond donors (Lipinski definition) is 1. The summed E-state index contributed by atoms with van der Waals surface area (Å²) in [5.74, 6) is -0.264. The number of thiazole rings is 1. The van der Waals surface area contributed by atoms with Gasteiger partial charge in [-0.15, -0.1) is 0 Å². The maximum absolute atomic E-state index is 12.7. The van der Waals surface area contributed by atoms with Gasteiger partial charge in [0.2, 0.25) is 0 Å². The minimum atomic E-state index is -4.43. The molecule has 0 amide bonds. The number of aliphatic hydroxyl groups is 1. The number of halogens is 3. The van der Waals surface area contributed by atoms with Crippen LogP contribution in [0.15, 0.2) is 48.5 Å². The molecule has 0 fully saturated rings. The molecule has 0 unspecified atom stereocenters. The fraction of sp³-hybridized carbons (Fsp3) is 0.238. The Hall–Kier alpha value is -2.95. The smallest absolute Gasteiger partial charge is 0.416 e. The number of benzene rings is 2. The van der Waals surface area contributed by atoms with E-state index < -0.39 is 17.7 Å². The number of aliphatic hydroxyl groups excluding tert-OH is 1. The predicted octanol–water partition coefficient (Wildman–Crippen LogP) is 4.92. The van der Waals surface area contributed by atoms with Crippen molar-refractivity contribution in [3.8, 4) is 22.2 Å². The molecular weight excluding hydrogens is 435 g/mol. The van der Waals surface area contributed by atoms with Gasteiger partial charge < -0.3 is 19.3 Å². The Morgan fingerprint density at radius 3 is 2.35 bits per heavy atom. The molecule has 0 bridgehead atoms. The Bertz CT molecular complexity index is 1020. The third-order valence-corrected chi connectivity index (χ3v) is 5.02. The Balaban J connectivity index is 1.86. The molecule has 0 radical (unpaired) electrons. The second kappa shape index (κ2) is 9.90. The monoisotopic (exact) mass is 453 g/mol. The first kappa shape index (κ1) is 22.7. The lowest BCUT2D eigenvalue weighted by Gasteiger charge is -2.07. The van der Waals surface area contributed by atoms with E-state index in [0.717, 1.165) is 12.1 Å². The van der Waals surface area contributed by atoms with Crippen LogP contribution in [-0.4, -0.2) is 36.4 Å². The Labute approximate surface area is 179 Å². The summed E-state index contributed by atoms with van der Waals surface area (Å²) in [6.45, 7) is 0.146. The third kappa shape index (κ3) is 5.81. The second-order valence-electron chi connectivity index (χ2n) is 6.22. The zero-order valence-electron chi connectivity index (χ0n) is 16.3. The summed E-state index contributed by atoms with van der Waals surface area (Å²) in [7, 11) is 1.29. The summed E-state index contributed by atoms with van der Waals surface area (Å²) in [4.78, 5) is 16.8. The van der Waals surface area contributed by atoms with Gasteiger partial charge in [0.15, 0.2) is 0 Å². The summed E-state index contributed by atoms with van der Waals surface area (Å²) in [6.07, 6.45) is -4.43. The van der Waals surface area contributed by atoms with Crippen molar-refractivity contribution in [3.63, 3.8) is 0 Å². The highest BCUT2D eigenvalue weighted by atomic mass is 32.1. The van der Waals surface area contributed by atoms with Crippen molar-refractivity contribution in [2.45, 2.75) is 12.8 Å². The summed E-state index contributed by atoms with van der Waals surface area (Å²) in [6, 6.07) is 10.9. The molecule has 1 heterocycles. The van der Waals surface area contributed by atoms with Crippen molar-refractivity contribution in [1.29, 1.82) is 0 Å². The number of alkyl halides is 3. The van der Waals surface area contributed by atoms with E-state index in [-0.39, 0.29) is 30.8 Å². The van der Waals surface area contributed by atoms with Gasteiger partial charge in [0.25, 0.3) is 5.19 Å². The van der Waals surface area contributed by atoms with Gasteiger partial charge in [-0.1, -0.05) is 23.5 Å². The molecule has 0 aliphatic carbocycles. The Morgan fingerprint density at radius 2 is 1.77 bits per heavy atom. The first-order valence-corrected chi connectivity index (χ1v) is 9.85. The molecule has 2 aromatic carbocycles. The Morgan fingerprint density at radius 1 is 1.10 bits per heavy atom. The zero-order chi connectivity index (χ0) is 22.4. The Kier molecular flexibility index (Phi) is 7.26. The lowest BCUT2D eigenvalue weighted by molar-refractivity contribution is -0.137. The van der Waals surface area contributed by atoms with Crippen LogP contribution in [-0.2, 0) is 22.3 Å². The van der Waals surface area contributed by atoms with Crippen molar-refractivity contribution in [2.24, 2.45) is 0 Å². The quantitative estimate of drug-likeness (QED) is 0.386. The largest absolute Gasteiger partial charge is 0.465 e. The highest BCUT2D eigenvalue weighted by molar-refractivity contribution is 7.13. The fourth-order valence-corrected chi connectivity index (χ4v) is 3.51. The normalized spacial score (nSPS) is 11.4. The molecule has 6 nitrogen and oxygen atoms in total. The molecule has 3 rings (SSSR count). The van der Waals surface area contributed by atoms with E-state index in [0.29, 0.717) is 21.7 Å². The van der Waals surface area contributed by atoms with Crippen LogP contribution < -0.4 is 4.74 Å². The van der Waals surface area contributed by atoms with Crippen molar-refractivity contribution < 1.29 is 37.3 Å². The van der Waals surface area contributed by atoms with Gasteiger partial charge in [-0.25, -0.2) is 9.78 Å². The van der Waals surface area contributed by atoms with E-state index in [4.69, 9.17) is 14.6 Å². The molecule has 0 spiro atoms. The maximum Gasteiger partial charge on any atom is 0.416 e. The van der Waals surface area contributed by atoms with Crippen molar-refractivity contribution in [1.82, 2.24) is 4.98 Å². The van der Waals surface area contributed by atoms with Crippen LogP contribution in [0.3, 0.4) is 0 Å². The van der Waals surface area contributed by atoms with E-state index in [2.05, 4.69) is 9.72 Å². The van der Waals surface area contributed by atoms with E-state index >= 15 is 0 Å². The minimum Gasteiger partial charge on any atom is -0.465 e. The van der Waals surface area contributed by atoms with Crippen LogP contribution in [0.5, 0.6) is 10.9 Å². The molecule has 10 heteroatoms. The molecule has 0 saturated carbocycles. The number of aromatic nitrogens is 1. The van der Waals surface area contributed by atoms with Crippen LogP contribution in [0.25, 0.3) is 11.3 Å². The maximum atomic E-state index is 12.7. The zero-order valence-corrected chi connectivity index (χ0v) is 17.1. The number of methoxy groups -OCH3 is 1. The van der Waals surface area contributed by atoms with Crippen LogP contribution in [0, 0.1) is 0 Å². The molecule has 1 aromatic heterocycles. The van der Waals surface area contributed by atoms with Crippen LogP contribution in [0.2, 0.25) is 0 Å². The SMILES string of the molecule is COC(=O)c1ccc(-c2nc(Oc3ccc(C(F)(F)F)cc3)sc2COCCO)cc1. The van der Waals surface area contributed by atoms with E-state index in [9.17, 15) is 18.0 Å². The third-order valence-electron chi connectivity index (χ3n) is 4.11. The first-order chi connectivity index (χ1) is 14.8. The second-order valence-corrected chi connectivity index (χ2v) is 7.27. The van der Waals surface area contributed by atoms with E-state index in [1.165, 1.54) is 30.6 Å². The summed E-state index contributed by atoms with van der Waals surface area (Å²) < 4.78 is 53.9. The van der Waals surface area contributed by atoms with Crippen molar-refractivity contribution >= 4 is 17.3 Å². The molecule has 164 valence electrons. The molecule has 3 aromatic rings. The van der Waals surface area contributed by atoms with E-state index in [1.54, 1.807) is 24.3 Å². The van der Waals surface area contributed by atoms with Gasteiger partial charge in [-0.3, -0.25) is 0 Å². The van der Waals surface area contributed by atoms with Gasteiger partial charge >= 0.3 is 12.1 Å². The van der Waals surface area contributed by atoms with Gasteiger partial charge in [-0.05, 0) is 36.4 Å². The molecule has 0 saturated heterocycles. The number of esters is 1. The summed E-state index contributed by atoms with van der Waals surface area (Å²) in [5.41, 5.74) is 0.833. The molecule has 0 aliphatic rings. The van der Waals surface area contributed by atoms with Crippen molar-refractivity contribution in [3.05, 3.63) is 64.5 Å². The van der Waals surface area contributed by atoms with Crippen LogP contribution >= 0.6 is 11.3 Å². The standard InChI is InChI=1S/C21H18F3NO5S/c1-28-19(27)14-4-2-13(3-5-14)18-17(12-29-11-10-26)31-20(25-18)30-16-8-6-15(7-9-16)21(22,23)24/h2-9,26H,10-12H2,1H3. The van der Waals surface area contributed by atoms with Gasteiger partial charge in [0.1, 0.15) is 5.75 Å². The van der Waals surface area contributed by atoms with Crippen LogP contribution in [0.4, 0.5) is 13.2 Å². The number of rotatable bonds is 8. The van der Waals surface area contributed by atoms with Crippen LogP contribution in [0.1, 0.15) is 20.8 Å². The average Bonchev–Trinajstić information content (AvgIpc) is 3.15. The molecule has 0 aliphatic heterocycles. The number of carbonyl (C=O) groups is 1. The number of ether oxygens (including phenoxy) is 3. The lowest BCUT2D eigenvalue weighted by Crippen LogP contribution is -2.03. The number of carbonyl (C=O) groups excluding carboxylic acids is 1. The topological polar surface area (TPSA) is 77.9 Å². The molecule has 0 atom stereocenters. The summed E-state index contributed by atoms with van der Waals surface area (Å²) in [5, 5.41) is 9.15. The first-order valence-electron chi connectivity index (χ1n) is 9.04. The number of nitrogens with zero attached hydrogens (tertiary/aromatic N) is 1. The molecule has 31 heavy (non-hydrogen) atoms. The van der Waals surface area contributed by atoms with E-state index in [1.807, 2.05) is 0 Å². The fourth-order valence-electron chi connectivity index (χ4n) is 2.62. The van der Waals surface area contributed by atoms with Gasteiger partial charge in [0, 0.05) is 5.56 Å². The highest BCUT2D eigenvalue weighted by Gasteiger charge is 2.30. The lowest BCUT2D eigenvalue weighted by atomic mass is 10.1. The van der Waals surface area contributed by atoms with Crippen molar-refractivity contribution in [2.75, 3.05) is 20.3 Å². The summed E-state index contributed by atoms with van der Waals surface area (Å²) >= 11 is 1.17. The van der Waals surface area contributed by atoms with Gasteiger partial charge in [0.05, 0.1) is 48.6 Å². The molecule has 1 N–H and O–H groups in total. The predicted molar refractivity (Wildman–Crippen MR) is 107 cm³/mol. The van der Waals surface area contributed by atoms with Gasteiger partial charge in [-0.2, -0.15) is 13.2 Å². The average molecular weight is 453 g/mol. The minimum absolute atomic E-state index is 0.133. The molecular formula is C21H18F3NO5S. The highest BCUT2D eigenvalue weighted by Crippen LogP contribution is 2.36.